The molecule has 3 nitrogen and oxygen atoms in total. The first-order valence-electron chi connectivity index (χ1n) is 7.78. The van der Waals surface area contributed by atoms with Crippen LogP contribution in [-0.4, -0.2) is 23.0 Å². The molecule has 1 heterocycles. The Morgan fingerprint density at radius 1 is 1.24 bits per heavy atom. The molecule has 0 N–H and O–H groups in total. The number of nitrogens with zero attached hydrogens (tertiary/aromatic N) is 1. The van der Waals surface area contributed by atoms with E-state index in [-0.39, 0.29) is 5.78 Å². The van der Waals surface area contributed by atoms with Gasteiger partial charge in [-0.3, -0.25) is 9.78 Å². The van der Waals surface area contributed by atoms with Gasteiger partial charge in [0.1, 0.15) is 5.60 Å². The minimum atomic E-state index is -0.628. The standard InChI is InChI=1S/C18H21NO2/c1-2-21-18(10-4-3-5-11-18)17(20)15-8-6-7-14-9-12-19-13-16(14)15/h6-9,12-13H,2-5,10-11H2,1H3. The molecule has 0 atom stereocenters. The van der Waals surface area contributed by atoms with Crippen molar-refractivity contribution in [3.05, 3.63) is 42.2 Å². The lowest BCUT2D eigenvalue weighted by atomic mass is 9.78. The number of pyridine rings is 1. The van der Waals surface area contributed by atoms with Crippen LogP contribution in [-0.2, 0) is 4.74 Å². The first-order valence-corrected chi connectivity index (χ1v) is 7.78. The van der Waals surface area contributed by atoms with E-state index in [4.69, 9.17) is 4.74 Å². The van der Waals surface area contributed by atoms with Crippen LogP contribution in [0.4, 0.5) is 0 Å². The summed E-state index contributed by atoms with van der Waals surface area (Å²) >= 11 is 0. The highest BCUT2D eigenvalue weighted by Crippen LogP contribution is 2.36. The van der Waals surface area contributed by atoms with Crippen LogP contribution >= 0.6 is 0 Å². The molecule has 0 saturated heterocycles. The Morgan fingerprint density at radius 2 is 2.05 bits per heavy atom. The lowest BCUT2D eigenvalue weighted by Crippen LogP contribution is -2.43. The van der Waals surface area contributed by atoms with E-state index in [9.17, 15) is 4.79 Å². The van der Waals surface area contributed by atoms with E-state index in [1.807, 2.05) is 31.2 Å². The Hall–Kier alpha value is -1.74. The summed E-state index contributed by atoms with van der Waals surface area (Å²) in [4.78, 5) is 17.3. The molecule has 1 aromatic carbocycles. The van der Waals surface area contributed by atoms with Crippen LogP contribution in [0.15, 0.2) is 36.7 Å². The van der Waals surface area contributed by atoms with Crippen molar-refractivity contribution < 1.29 is 9.53 Å². The van der Waals surface area contributed by atoms with Gasteiger partial charge in [0.2, 0.25) is 0 Å². The number of hydrogen-bond acceptors (Lipinski definition) is 3. The van der Waals surface area contributed by atoms with Crippen molar-refractivity contribution in [2.24, 2.45) is 0 Å². The van der Waals surface area contributed by atoms with Crippen molar-refractivity contribution in [1.82, 2.24) is 4.98 Å². The summed E-state index contributed by atoms with van der Waals surface area (Å²) in [7, 11) is 0. The summed E-state index contributed by atoms with van der Waals surface area (Å²) in [6.07, 6.45) is 8.52. The maximum atomic E-state index is 13.2. The topological polar surface area (TPSA) is 39.2 Å². The second-order valence-electron chi connectivity index (χ2n) is 5.72. The number of fused-ring (bicyclic) bond motifs is 1. The molecule has 0 amide bonds. The lowest BCUT2D eigenvalue weighted by Gasteiger charge is -2.35. The number of rotatable bonds is 4. The van der Waals surface area contributed by atoms with Crippen molar-refractivity contribution in [1.29, 1.82) is 0 Å². The molecule has 0 radical (unpaired) electrons. The Morgan fingerprint density at radius 3 is 2.81 bits per heavy atom. The van der Waals surface area contributed by atoms with Crippen LogP contribution in [0.1, 0.15) is 49.4 Å². The first-order chi connectivity index (χ1) is 10.3. The highest BCUT2D eigenvalue weighted by Gasteiger charge is 2.41. The maximum Gasteiger partial charge on any atom is 0.195 e. The third-order valence-corrected chi connectivity index (χ3v) is 4.42. The van der Waals surface area contributed by atoms with Crippen LogP contribution in [0.5, 0.6) is 0 Å². The van der Waals surface area contributed by atoms with Gasteiger partial charge in [0.15, 0.2) is 5.78 Å². The first kappa shape index (κ1) is 14.2. The van der Waals surface area contributed by atoms with Gasteiger partial charge in [-0.1, -0.05) is 37.5 Å². The molecular formula is C18H21NO2. The number of aromatic nitrogens is 1. The molecule has 2 aromatic rings. The Kier molecular flexibility index (Phi) is 4.02. The maximum absolute atomic E-state index is 13.2. The third kappa shape index (κ3) is 2.58. The van der Waals surface area contributed by atoms with E-state index >= 15 is 0 Å². The minimum absolute atomic E-state index is 0.127. The summed E-state index contributed by atoms with van der Waals surface area (Å²) in [6.45, 7) is 2.54. The van der Waals surface area contributed by atoms with Crippen molar-refractivity contribution >= 4 is 16.6 Å². The van der Waals surface area contributed by atoms with Crippen molar-refractivity contribution in [3.63, 3.8) is 0 Å². The number of Topliss-reactive ketones (excluding diaryl/α,β-unsaturated/α-hetero) is 1. The fraction of sp³-hybridized carbons (Fsp3) is 0.444. The molecule has 0 bridgehead atoms. The molecule has 0 unspecified atom stereocenters. The van der Waals surface area contributed by atoms with E-state index in [1.165, 1.54) is 6.42 Å². The summed E-state index contributed by atoms with van der Waals surface area (Å²) in [5.74, 6) is 0.127. The number of hydrogen-bond donors (Lipinski definition) is 0. The van der Waals surface area contributed by atoms with Gasteiger partial charge in [-0.15, -0.1) is 0 Å². The van der Waals surface area contributed by atoms with Crippen molar-refractivity contribution in [2.45, 2.75) is 44.6 Å². The molecule has 0 aliphatic heterocycles. The van der Waals surface area contributed by atoms with E-state index in [1.54, 1.807) is 12.4 Å². The lowest BCUT2D eigenvalue weighted by molar-refractivity contribution is -0.0409. The van der Waals surface area contributed by atoms with E-state index in [0.717, 1.165) is 42.0 Å². The summed E-state index contributed by atoms with van der Waals surface area (Å²) in [5, 5.41) is 1.98. The molecular weight excluding hydrogens is 262 g/mol. The van der Waals surface area contributed by atoms with Gasteiger partial charge < -0.3 is 4.74 Å². The van der Waals surface area contributed by atoms with Crippen LogP contribution in [0.25, 0.3) is 10.8 Å². The van der Waals surface area contributed by atoms with Gasteiger partial charge in [-0.05, 0) is 31.2 Å². The number of ketones is 1. The molecule has 1 aliphatic rings. The van der Waals surface area contributed by atoms with E-state index in [2.05, 4.69) is 4.98 Å². The summed E-state index contributed by atoms with van der Waals surface area (Å²) in [5.41, 5.74) is 0.118. The zero-order valence-corrected chi connectivity index (χ0v) is 12.5. The molecule has 0 spiro atoms. The molecule has 3 rings (SSSR count). The van der Waals surface area contributed by atoms with E-state index in [0.29, 0.717) is 6.61 Å². The quantitative estimate of drug-likeness (QED) is 0.791. The highest BCUT2D eigenvalue weighted by atomic mass is 16.5. The third-order valence-electron chi connectivity index (χ3n) is 4.42. The average Bonchev–Trinajstić information content (AvgIpc) is 2.55. The Balaban J connectivity index is 2.06. The minimum Gasteiger partial charge on any atom is -0.367 e. The SMILES string of the molecule is CCOC1(C(=O)c2cccc3ccncc23)CCCCC1. The second kappa shape index (κ2) is 5.94. The number of carbonyl (C=O) groups is 1. The Bertz CT molecular complexity index is 634. The van der Waals surface area contributed by atoms with Crippen molar-refractivity contribution in [3.8, 4) is 0 Å². The normalized spacial score (nSPS) is 17.8. The number of carbonyl (C=O) groups excluding carboxylic acids is 1. The molecule has 21 heavy (non-hydrogen) atoms. The fourth-order valence-corrected chi connectivity index (χ4v) is 3.39. The van der Waals surface area contributed by atoms with Crippen LogP contribution < -0.4 is 0 Å². The van der Waals surface area contributed by atoms with Crippen LogP contribution in [0.2, 0.25) is 0 Å². The zero-order valence-electron chi connectivity index (χ0n) is 12.5. The van der Waals surface area contributed by atoms with Crippen molar-refractivity contribution in [2.75, 3.05) is 6.61 Å². The molecule has 1 aromatic heterocycles. The summed E-state index contributed by atoms with van der Waals surface area (Å²) < 4.78 is 5.97. The molecule has 1 aliphatic carbocycles. The molecule has 3 heteroatoms. The largest absolute Gasteiger partial charge is 0.367 e. The predicted molar refractivity (Wildman–Crippen MR) is 83.5 cm³/mol. The average molecular weight is 283 g/mol. The van der Waals surface area contributed by atoms with E-state index < -0.39 is 5.60 Å². The van der Waals surface area contributed by atoms with Crippen LogP contribution in [0, 0.1) is 0 Å². The summed E-state index contributed by atoms with van der Waals surface area (Å²) in [6, 6.07) is 7.81. The van der Waals surface area contributed by atoms with Gasteiger partial charge in [-0.2, -0.15) is 0 Å². The predicted octanol–water partition coefficient (Wildman–Crippen LogP) is 4.16. The van der Waals surface area contributed by atoms with Gasteiger partial charge in [-0.25, -0.2) is 0 Å². The number of ether oxygens (including phenoxy) is 1. The fourth-order valence-electron chi connectivity index (χ4n) is 3.39. The number of benzene rings is 1. The van der Waals surface area contributed by atoms with Gasteiger partial charge >= 0.3 is 0 Å². The molecule has 110 valence electrons. The van der Waals surface area contributed by atoms with Gasteiger partial charge in [0.25, 0.3) is 0 Å². The monoisotopic (exact) mass is 283 g/mol. The smallest absolute Gasteiger partial charge is 0.195 e. The highest BCUT2D eigenvalue weighted by molar-refractivity contribution is 6.11. The van der Waals surface area contributed by atoms with Gasteiger partial charge in [0.05, 0.1) is 0 Å². The molecule has 1 saturated carbocycles. The molecule has 1 fully saturated rings. The second-order valence-corrected chi connectivity index (χ2v) is 5.72. The zero-order chi connectivity index (χ0) is 14.7. The van der Waals surface area contributed by atoms with Crippen LogP contribution in [0.3, 0.4) is 0 Å². The van der Waals surface area contributed by atoms with Gasteiger partial charge in [0, 0.05) is 30.0 Å². The Labute approximate surface area is 125 Å².